The molecule has 0 radical (unpaired) electrons. The van der Waals surface area contributed by atoms with Gasteiger partial charge in [0, 0.05) is 19.4 Å². The Labute approximate surface area is 123 Å². The molecular formula is C15H20N2O4. The number of hydrogen-bond donors (Lipinski definition) is 2. The van der Waals surface area contributed by atoms with Gasteiger partial charge in [0.05, 0.1) is 7.11 Å². The van der Waals surface area contributed by atoms with Crippen LogP contribution in [-0.2, 0) is 20.9 Å². The number of rotatable bonds is 8. The summed E-state index contributed by atoms with van der Waals surface area (Å²) >= 11 is 0. The van der Waals surface area contributed by atoms with Crippen molar-refractivity contribution < 1.29 is 19.5 Å². The van der Waals surface area contributed by atoms with Crippen LogP contribution in [0, 0.1) is 0 Å². The first-order chi connectivity index (χ1) is 10.2. The second-order valence-corrected chi connectivity index (χ2v) is 4.51. The molecule has 114 valence electrons. The molecular weight excluding hydrogens is 272 g/mol. The summed E-state index contributed by atoms with van der Waals surface area (Å²) in [5, 5.41) is 14.4. The number of methoxy groups -OCH3 is 1. The third-order valence-electron chi connectivity index (χ3n) is 2.94. The molecule has 0 aromatic heterocycles. The van der Waals surface area contributed by atoms with Gasteiger partial charge in [-0.05, 0) is 18.4 Å². The second-order valence-electron chi connectivity index (χ2n) is 4.51. The number of esters is 1. The molecule has 6 heteroatoms. The number of ether oxygens (including phenoxy) is 1. The number of amides is 1. The SMILES string of the molecule is COC(=O)/C(CCCCC(=O)NCc1ccccc1)=N/O. The smallest absolute Gasteiger partial charge is 0.355 e. The number of oxime groups is 1. The van der Waals surface area contributed by atoms with Gasteiger partial charge in [-0.3, -0.25) is 4.79 Å². The molecule has 0 atom stereocenters. The minimum atomic E-state index is -0.647. The summed E-state index contributed by atoms with van der Waals surface area (Å²) in [5.74, 6) is -0.689. The summed E-state index contributed by atoms with van der Waals surface area (Å²) in [4.78, 5) is 22.8. The first-order valence-corrected chi connectivity index (χ1v) is 6.77. The topological polar surface area (TPSA) is 88.0 Å². The van der Waals surface area contributed by atoms with E-state index in [-0.39, 0.29) is 18.0 Å². The van der Waals surface area contributed by atoms with E-state index in [1.165, 1.54) is 7.11 Å². The van der Waals surface area contributed by atoms with Crippen LogP contribution in [0.1, 0.15) is 31.2 Å². The van der Waals surface area contributed by atoms with E-state index in [0.717, 1.165) is 5.56 Å². The van der Waals surface area contributed by atoms with Gasteiger partial charge in [-0.2, -0.15) is 0 Å². The maximum Gasteiger partial charge on any atom is 0.355 e. The van der Waals surface area contributed by atoms with Gasteiger partial charge in [0.25, 0.3) is 0 Å². The van der Waals surface area contributed by atoms with Crippen LogP contribution in [-0.4, -0.2) is 29.9 Å². The number of hydrogen-bond acceptors (Lipinski definition) is 5. The summed E-state index contributed by atoms with van der Waals surface area (Å²) in [6.45, 7) is 0.505. The fraction of sp³-hybridized carbons (Fsp3) is 0.400. The third kappa shape index (κ3) is 6.56. The molecule has 0 saturated heterocycles. The Hall–Kier alpha value is -2.37. The lowest BCUT2D eigenvalue weighted by Gasteiger charge is -2.05. The third-order valence-corrected chi connectivity index (χ3v) is 2.94. The largest absolute Gasteiger partial charge is 0.464 e. The highest BCUT2D eigenvalue weighted by atomic mass is 16.5. The minimum absolute atomic E-state index is 0.0257. The molecule has 0 fully saturated rings. The first kappa shape index (κ1) is 16.7. The van der Waals surface area contributed by atoms with Gasteiger partial charge in [-0.1, -0.05) is 35.5 Å². The van der Waals surface area contributed by atoms with E-state index in [0.29, 0.717) is 25.8 Å². The normalized spacial score (nSPS) is 11.0. The van der Waals surface area contributed by atoms with Crippen LogP contribution in [0.25, 0.3) is 0 Å². The van der Waals surface area contributed by atoms with Gasteiger partial charge in [0.1, 0.15) is 0 Å². The average molecular weight is 292 g/mol. The fourth-order valence-corrected chi connectivity index (χ4v) is 1.77. The maximum atomic E-state index is 11.6. The number of nitrogens with zero attached hydrogens (tertiary/aromatic N) is 1. The van der Waals surface area contributed by atoms with E-state index < -0.39 is 5.97 Å². The highest BCUT2D eigenvalue weighted by molar-refractivity contribution is 6.36. The Bertz CT molecular complexity index is 486. The van der Waals surface area contributed by atoms with Crippen molar-refractivity contribution in [1.82, 2.24) is 5.32 Å². The molecule has 0 bridgehead atoms. The molecule has 1 aromatic rings. The first-order valence-electron chi connectivity index (χ1n) is 6.77. The maximum absolute atomic E-state index is 11.6. The van der Waals surface area contributed by atoms with E-state index in [2.05, 4.69) is 15.2 Å². The zero-order valence-electron chi connectivity index (χ0n) is 12.0. The molecule has 0 spiro atoms. The molecule has 21 heavy (non-hydrogen) atoms. The zero-order chi connectivity index (χ0) is 15.5. The number of unbranched alkanes of at least 4 members (excludes halogenated alkanes) is 1. The highest BCUT2D eigenvalue weighted by Gasteiger charge is 2.12. The summed E-state index contributed by atoms with van der Waals surface area (Å²) in [6, 6.07) is 9.66. The highest BCUT2D eigenvalue weighted by Crippen LogP contribution is 2.04. The van der Waals surface area contributed by atoms with Crippen molar-refractivity contribution in [3.63, 3.8) is 0 Å². The monoisotopic (exact) mass is 292 g/mol. The Kier molecular flexibility index (Phi) is 7.56. The van der Waals surface area contributed by atoms with Crippen LogP contribution in [0.2, 0.25) is 0 Å². The predicted molar refractivity (Wildman–Crippen MR) is 78.0 cm³/mol. The molecule has 6 nitrogen and oxygen atoms in total. The number of carbonyl (C=O) groups excluding carboxylic acids is 2. The lowest BCUT2D eigenvalue weighted by molar-refractivity contribution is -0.133. The van der Waals surface area contributed by atoms with Crippen molar-refractivity contribution in [2.24, 2.45) is 5.16 Å². The van der Waals surface area contributed by atoms with Gasteiger partial charge >= 0.3 is 5.97 Å². The molecule has 1 rings (SSSR count). The van der Waals surface area contributed by atoms with Gasteiger partial charge in [-0.15, -0.1) is 0 Å². The Morgan fingerprint density at radius 3 is 2.48 bits per heavy atom. The van der Waals surface area contributed by atoms with Crippen molar-refractivity contribution in [2.45, 2.75) is 32.2 Å². The Morgan fingerprint density at radius 2 is 1.86 bits per heavy atom. The summed E-state index contributed by atoms with van der Waals surface area (Å²) in [7, 11) is 1.23. The quantitative estimate of drug-likeness (QED) is 0.252. The lowest BCUT2D eigenvalue weighted by atomic mass is 10.1. The van der Waals surface area contributed by atoms with Crippen molar-refractivity contribution in [3.8, 4) is 0 Å². The van der Waals surface area contributed by atoms with Crippen LogP contribution in [0.5, 0.6) is 0 Å². The van der Waals surface area contributed by atoms with E-state index in [1.807, 2.05) is 30.3 Å². The van der Waals surface area contributed by atoms with Crippen molar-refractivity contribution in [1.29, 1.82) is 0 Å². The summed E-state index contributed by atoms with van der Waals surface area (Å²) in [5.41, 5.74) is 1.02. The molecule has 0 aliphatic rings. The van der Waals surface area contributed by atoms with Gasteiger partial charge in [0.15, 0.2) is 5.71 Å². The van der Waals surface area contributed by atoms with Gasteiger partial charge < -0.3 is 15.3 Å². The van der Waals surface area contributed by atoms with Crippen LogP contribution in [0.4, 0.5) is 0 Å². The molecule has 0 aliphatic carbocycles. The van der Waals surface area contributed by atoms with Gasteiger partial charge in [0.2, 0.25) is 5.91 Å². The Balaban J connectivity index is 2.18. The van der Waals surface area contributed by atoms with Gasteiger partial charge in [-0.25, -0.2) is 4.79 Å². The molecule has 1 amide bonds. The standard InChI is InChI=1S/C15H20N2O4/c1-21-15(19)13(17-20)9-5-6-10-14(18)16-11-12-7-3-2-4-8-12/h2-4,7-8,20H,5-6,9-11H2,1H3,(H,16,18)/b17-13+. The van der Waals surface area contributed by atoms with E-state index >= 15 is 0 Å². The molecule has 0 unspecified atom stereocenters. The molecule has 2 N–H and O–H groups in total. The minimum Gasteiger partial charge on any atom is -0.464 e. The second kappa shape index (κ2) is 9.52. The number of nitrogens with one attached hydrogen (secondary N) is 1. The Morgan fingerprint density at radius 1 is 1.19 bits per heavy atom. The van der Waals surface area contributed by atoms with E-state index in [9.17, 15) is 9.59 Å². The fourth-order valence-electron chi connectivity index (χ4n) is 1.77. The summed E-state index contributed by atoms with van der Waals surface area (Å²) < 4.78 is 4.46. The molecule has 0 heterocycles. The summed E-state index contributed by atoms with van der Waals surface area (Å²) in [6.07, 6.45) is 1.84. The van der Waals surface area contributed by atoms with Crippen molar-refractivity contribution in [2.75, 3.05) is 7.11 Å². The van der Waals surface area contributed by atoms with Crippen LogP contribution in [0.3, 0.4) is 0 Å². The van der Waals surface area contributed by atoms with Crippen molar-refractivity contribution in [3.05, 3.63) is 35.9 Å². The number of benzene rings is 1. The van der Waals surface area contributed by atoms with E-state index in [1.54, 1.807) is 0 Å². The molecule has 0 aliphatic heterocycles. The predicted octanol–water partition coefficient (Wildman–Crippen LogP) is 1.87. The van der Waals surface area contributed by atoms with Crippen LogP contribution < -0.4 is 5.32 Å². The zero-order valence-corrected chi connectivity index (χ0v) is 12.0. The average Bonchev–Trinajstić information content (AvgIpc) is 2.53. The number of carbonyl (C=O) groups is 2. The lowest BCUT2D eigenvalue weighted by Crippen LogP contribution is -2.22. The van der Waals surface area contributed by atoms with Crippen LogP contribution >= 0.6 is 0 Å². The van der Waals surface area contributed by atoms with Crippen LogP contribution in [0.15, 0.2) is 35.5 Å². The van der Waals surface area contributed by atoms with E-state index in [4.69, 9.17) is 5.21 Å². The molecule has 1 aromatic carbocycles. The van der Waals surface area contributed by atoms with Crippen molar-refractivity contribution >= 4 is 17.6 Å². The molecule has 0 saturated carbocycles.